The highest BCUT2D eigenvalue weighted by atomic mass is 19.1. The van der Waals surface area contributed by atoms with E-state index < -0.39 is 29.3 Å². The van der Waals surface area contributed by atoms with E-state index in [4.69, 9.17) is 4.74 Å². The predicted molar refractivity (Wildman–Crippen MR) is 104 cm³/mol. The lowest BCUT2D eigenvalue weighted by atomic mass is 9.93. The number of benzene rings is 2. The molecule has 0 aliphatic heterocycles. The predicted octanol–water partition coefficient (Wildman–Crippen LogP) is 5.06. The summed E-state index contributed by atoms with van der Waals surface area (Å²) in [5.41, 5.74) is 0.893. The van der Waals surface area contributed by atoms with E-state index in [0.29, 0.717) is 11.8 Å². The maximum Gasteiger partial charge on any atom is 0.308 e. The van der Waals surface area contributed by atoms with Gasteiger partial charge in [-0.15, -0.1) is 0 Å². The van der Waals surface area contributed by atoms with Crippen LogP contribution >= 0.6 is 0 Å². The van der Waals surface area contributed by atoms with Gasteiger partial charge in [-0.3, -0.25) is 14.2 Å². The maximum atomic E-state index is 14.6. The fourth-order valence-corrected chi connectivity index (χ4v) is 3.46. The van der Waals surface area contributed by atoms with Crippen molar-refractivity contribution in [3.05, 3.63) is 58.8 Å². The van der Waals surface area contributed by atoms with Crippen LogP contribution in [0.3, 0.4) is 0 Å². The number of fused-ring (bicyclic) bond motifs is 1. The first-order chi connectivity index (χ1) is 13.7. The van der Waals surface area contributed by atoms with Crippen LogP contribution in [0.25, 0.3) is 10.9 Å². The zero-order chi connectivity index (χ0) is 21.5. The van der Waals surface area contributed by atoms with E-state index in [-0.39, 0.29) is 34.0 Å². The Labute approximate surface area is 166 Å². The number of hydrogen-bond donors (Lipinski definition) is 1. The van der Waals surface area contributed by atoms with Gasteiger partial charge in [-0.2, -0.15) is 0 Å². The van der Waals surface area contributed by atoms with Crippen molar-refractivity contribution < 1.29 is 28.2 Å². The summed E-state index contributed by atoms with van der Waals surface area (Å²) in [6, 6.07) is 5.98. The Bertz CT molecular complexity index is 1120. The number of halogens is 2. The quantitative estimate of drug-likeness (QED) is 0.621. The summed E-state index contributed by atoms with van der Waals surface area (Å²) in [6.07, 6.45) is 0.585. The summed E-state index contributed by atoms with van der Waals surface area (Å²) in [4.78, 5) is 24.9. The highest BCUT2D eigenvalue weighted by Crippen LogP contribution is 2.44. The molecule has 1 heterocycles. The number of aromatic nitrogens is 1. The van der Waals surface area contributed by atoms with Gasteiger partial charge in [-0.05, 0) is 43.5 Å². The van der Waals surface area contributed by atoms with Crippen LogP contribution in [-0.2, 0) is 4.79 Å². The second-order valence-electron chi connectivity index (χ2n) is 6.98. The van der Waals surface area contributed by atoms with E-state index in [1.54, 1.807) is 13.8 Å². The van der Waals surface area contributed by atoms with Gasteiger partial charge in [0.2, 0.25) is 0 Å². The van der Waals surface area contributed by atoms with E-state index in [0.717, 1.165) is 18.2 Å². The van der Waals surface area contributed by atoms with Gasteiger partial charge in [-0.25, -0.2) is 8.78 Å². The smallest absolute Gasteiger partial charge is 0.308 e. The van der Waals surface area contributed by atoms with Crippen molar-refractivity contribution in [3.8, 4) is 11.5 Å². The molecule has 0 unspecified atom stereocenters. The molecule has 5 nitrogen and oxygen atoms in total. The molecule has 0 bridgehead atoms. The van der Waals surface area contributed by atoms with E-state index >= 15 is 0 Å². The first-order valence-electron chi connectivity index (χ1n) is 9.22. The van der Waals surface area contributed by atoms with Gasteiger partial charge in [0.15, 0.2) is 17.3 Å². The SMILES string of the molecule is CC[C@@H](C)c1c(O)c(F)cc2c1c(OC(C)=O)c(C)n2C(=O)c1ccc(F)cc1. The molecule has 3 aromatic rings. The van der Waals surface area contributed by atoms with Crippen molar-refractivity contribution in [1.29, 1.82) is 0 Å². The molecular weight excluding hydrogens is 380 g/mol. The molecule has 0 radical (unpaired) electrons. The van der Waals surface area contributed by atoms with Gasteiger partial charge in [0.05, 0.1) is 16.6 Å². The van der Waals surface area contributed by atoms with Crippen molar-refractivity contribution in [2.75, 3.05) is 0 Å². The minimum Gasteiger partial charge on any atom is -0.505 e. The van der Waals surface area contributed by atoms with Crippen molar-refractivity contribution in [2.45, 2.75) is 40.0 Å². The topological polar surface area (TPSA) is 68.5 Å². The number of phenols is 1. The number of rotatable bonds is 4. The average molecular weight is 401 g/mol. The molecule has 152 valence electrons. The Kier molecular flexibility index (Phi) is 5.42. The first kappa shape index (κ1) is 20.5. The van der Waals surface area contributed by atoms with Gasteiger partial charge in [0.25, 0.3) is 5.91 Å². The third kappa shape index (κ3) is 3.48. The minimum atomic E-state index is -0.882. The van der Waals surface area contributed by atoms with Crippen molar-refractivity contribution in [3.63, 3.8) is 0 Å². The fraction of sp³-hybridized carbons (Fsp3) is 0.273. The summed E-state index contributed by atoms with van der Waals surface area (Å²) >= 11 is 0. The lowest BCUT2D eigenvalue weighted by Crippen LogP contribution is -2.14. The summed E-state index contributed by atoms with van der Waals surface area (Å²) in [6.45, 7) is 6.46. The van der Waals surface area contributed by atoms with Crippen LogP contribution in [0.2, 0.25) is 0 Å². The number of carbonyl (C=O) groups is 2. The maximum absolute atomic E-state index is 14.6. The Morgan fingerprint density at radius 3 is 2.38 bits per heavy atom. The second kappa shape index (κ2) is 7.66. The number of hydrogen-bond acceptors (Lipinski definition) is 4. The molecule has 0 saturated heterocycles. The molecule has 1 N–H and O–H groups in total. The summed E-state index contributed by atoms with van der Waals surface area (Å²) in [5.74, 6) is -3.23. The van der Waals surface area contributed by atoms with Crippen molar-refractivity contribution in [1.82, 2.24) is 4.57 Å². The molecule has 0 fully saturated rings. The molecule has 1 aromatic heterocycles. The van der Waals surface area contributed by atoms with E-state index in [1.807, 2.05) is 6.92 Å². The standard InChI is InChI=1S/C22H21F2NO4/c1-5-11(2)18-19-17(10-16(24)20(18)27)25(12(3)21(19)29-13(4)26)22(28)14-6-8-15(23)9-7-14/h6-11,27H,5H2,1-4H3/t11-/m1/s1. The number of nitrogens with zero attached hydrogens (tertiary/aromatic N) is 1. The lowest BCUT2D eigenvalue weighted by Gasteiger charge is -2.15. The van der Waals surface area contributed by atoms with Gasteiger partial charge >= 0.3 is 5.97 Å². The first-order valence-corrected chi connectivity index (χ1v) is 9.22. The van der Waals surface area contributed by atoms with Gasteiger partial charge < -0.3 is 9.84 Å². The van der Waals surface area contributed by atoms with Crippen LogP contribution in [0.15, 0.2) is 30.3 Å². The molecular formula is C22H21F2NO4. The Morgan fingerprint density at radius 1 is 1.21 bits per heavy atom. The Morgan fingerprint density at radius 2 is 1.83 bits per heavy atom. The van der Waals surface area contributed by atoms with Crippen LogP contribution < -0.4 is 4.74 Å². The monoisotopic (exact) mass is 401 g/mol. The van der Waals surface area contributed by atoms with Crippen LogP contribution in [0, 0.1) is 18.6 Å². The molecule has 0 spiro atoms. The Balaban J connectivity index is 2.41. The number of aromatic hydroxyl groups is 1. The third-order valence-corrected chi connectivity index (χ3v) is 5.05. The normalized spacial score (nSPS) is 12.2. The van der Waals surface area contributed by atoms with Crippen molar-refractivity contribution in [2.24, 2.45) is 0 Å². The summed E-state index contributed by atoms with van der Waals surface area (Å²) in [7, 11) is 0. The molecule has 2 aromatic carbocycles. The van der Waals surface area contributed by atoms with Crippen LogP contribution in [0.1, 0.15) is 54.7 Å². The molecule has 0 saturated carbocycles. The molecule has 3 rings (SSSR count). The number of phenolic OH excluding ortho intramolecular Hbond substituents is 1. The van der Waals surface area contributed by atoms with Gasteiger partial charge in [-0.1, -0.05) is 13.8 Å². The number of esters is 1. The molecule has 1 atom stereocenters. The van der Waals surface area contributed by atoms with Crippen LogP contribution in [0.5, 0.6) is 11.5 Å². The van der Waals surface area contributed by atoms with Crippen molar-refractivity contribution >= 4 is 22.8 Å². The molecule has 29 heavy (non-hydrogen) atoms. The fourth-order valence-electron chi connectivity index (χ4n) is 3.46. The minimum absolute atomic E-state index is 0.0913. The zero-order valence-corrected chi connectivity index (χ0v) is 16.5. The summed E-state index contributed by atoms with van der Waals surface area (Å²) < 4.78 is 34.4. The molecule has 7 heteroatoms. The Hall–Kier alpha value is -3.22. The number of carbonyl (C=O) groups excluding carboxylic acids is 2. The average Bonchev–Trinajstić information content (AvgIpc) is 2.93. The van der Waals surface area contributed by atoms with Crippen LogP contribution in [-0.4, -0.2) is 21.6 Å². The highest BCUT2D eigenvalue weighted by molar-refractivity contribution is 6.07. The van der Waals surface area contributed by atoms with E-state index in [9.17, 15) is 23.5 Å². The highest BCUT2D eigenvalue weighted by Gasteiger charge is 2.29. The lowest BCUT2D eigenvalue weighted by molar-refractivity contribution is -0.131. The van der Waals surface area contributed by atoms with E-state index in [2.05, 4.69) is 0 Å². The van der Waals surface area contributed by atoms with E-state index in [1.165, 1.54) is 23.6 Å². The molecule has 0 aliphatic carbocycles. The third-order valence-electron chi connectivity index (χ3n) is 5.05. The number of ether oxygens (including phenoxy) is 1. The molecule has 0 aliphatic rings. The van der Waals surface area contributed by atoms with Crippen LogP contribution in [0.4, 0.5) is 8.78 Å². The largest absolute Gasteiger partial charge is 0.505 e. The molecule has 0 amide bonds. The zero-order valence-electron chi connectivity index (χ0n) is 16.5. The van der Waals surface area contributed by atoms with Gasteiger partial charge in [0.1, 0.15) is 5.82 Å². The van der Waals surface area contributed by atoms with Gasteiger partial charge in [0, 0.05) is 24.1 Å². The second-order valence-corrected chi connectivity index (χ2v) is 6.98. The summed E-state index contributed by atoms with van der Waals surface area (Å²) in [5, 5.41) is 10.7.